The van der Waals surface area contributed by atoms with Gasteiger partial charge in [-0.1, -0.05) is 0 Å². The number of carboxylic acid groups (broad SMARTS) is 1. The van der Waals surface area contributed by atoms with Crippen molar-refractivity contribution in [3.63, 3.8) is 0 Å². The van der Waals surface area contributed by atoms with Gasteiger partial charge in [0.15, 0.2) is 5.82 Å². The number of carbonyl (C=O) groups is 1. The molecule has 0 radical (unpaired) electrons. The van der Waals surface area contributed by atoms with Gasteiger partial charge in [0.05, 0.1) is 14.2 Å². The van der Waals surface area contributed by atoms with Crippen LogP contribution in [0.1, 0.15) is 5.56 Å². The number of hydrogen-bond acceptors (Lipinski definition) is 7. The minimum atomic E-state index is -1.06. The predicted octanol–water partition coefficient (Wildman–Crippen LogP) is 3.10. The Balaban J connectivity index is 1.87. The van der Waals surface area contributed by atoms with Crippen LogP contribution in [0.5, 0.6) is 11.5 Å². The Morgan fingerprint density at radius 3 is 2.41 bits per heavy atom. The molecular formula is C18H16N4O4S. The Kier molecular flexibility index (Phi) is 5.72. The molecule has 27 heavy (non-hydrogen) atoms. The smallest absolute Gasteiger partial charge is 0.342 e. The number of hydrogen-bond donors (Lipinski definition) is 2. The number of rotatable bonds is 7. The van der Waals surface area contributed by atoms with E-state index >= 15 is 0 Å². The van der Waals surface area contributed by atoms with Crippen LogP contribution in [-0.2, 0) is 4.79 Å². The number of nitrogens with zero attached hydrogens (tertiary/aromatic N) is 3. The monoisotopic (exact) mass is 384 g/mol. The number of ether oxygens (including phenoxy) is 2. The molecule has 0 aliphatic carbocycles. The van der Waals surface area contributed by atoms with Gasteiger partial charge in [0, 0.05) is 24.0 Å². The number of nitrogens with one attached hydrogen (secondary N) is 1. The fourth-order valence-electron chi connectivity index (χ4n) is 2.21. The lowest BCUT2D eigenvalue weighted by molar-refractivity contribution is -0.131. The molecule has 0 aliphatic rings. The van der Waals surface area contributed by atoms with Crippen LogP contribution in [0.4, 0.5) is 0 Å². The van der Waals surface area contributed by atoms with E-state index in [1.165, 1.54) is 0 Å². The van der Waals surface area contributed by atoms with E-state index in [0.29, 0.717) is 22.9 Å². The van der Waals surface area contributed by atoms with Crippen molar-refractivity contribution in [2.45, 2.75) is 5.16 Å². The Morgan fingerprint density at radius 2 is 1.81 bits per heavy atom. The third-order valence-corrected chi connectivity index (χ3v) is 4.38. The first-order chi connectivity index (χ1) is 13.1. The van der Waals surface area contributed by atoms with E-state index in [-0.39, 0.29) is 10.1 Å². The minimum absolute atomic E-state index is 0.0926. The zero-order valence-corrected chi connectivity index (χ0v) is 15.4. The van der Waals surface area contributed by atoms with E-state index in [0.717, 1.165) is 17.3 Å². The highest BCUT2D eigenvalue weighted by Crippen LogP contribution is 2.30. The van der Waals surface area contributed by atoms with Gasteiger partial charge in [-0.2, -0.15) is 0 Å². The minimum Gasteiger partial charge on any atom is -0.497 e. The van der Waals surface area contributed by atoms with Crippen LogP contribution in [0.2, 0.25) is 0 Å². The SMILES string of the molecule is COc1cc(OC)cc(-c2nc(S/C(=C/c3ccncc3)C(=O)O)n[nH]2)c1. The third-order valence-electron chi connectivity index (χ3n) is 3.51. The lowest BCUT2D eigenvalue weighted by Crippen LogP contribution is -1.97. The molecule has 0 atom stereocenters. The molecule has 0 spiro atoms. The van der Waals surface area contributed by atoms with Crippen LogP contribution in [0.3, 0.4) is 0 Å². The normalized spacial score (nSPS) is 11.3. The summed E-state index contributed by atoms with van der Waals surface area (Å²) < 4.78 is 10.5. The van der Waals surface area contributed by atoms with Gasteiger partial charge in [0.1, 0.15) is 16.4 Å². The molecule has 1 aromatic carbocycles. The Morgan fingerprint density at radius 1 is 1.15 bits per heavy atom. The van der Waals surface area contributed by atoms with Crippen LogP contribution in [0.25, 0.3) is 17.5 Å². The van der Waals surface area contributed by atoms with Gasteiger partial charge in [-0.3, -0.25) is 10.1 Å². The van der Waals surface area contributed by atoms with E-state index < -0.39 is 5.97 Å². The van der Waals surface area contributed by atoms with Crippen LogP contribution in [0.15, 0.2) is 52.8 Å². The molecule has 2 aromatic heterocycles. The van der Waals surface area contributed by atoms with E-state index in [1.54, 1.807) is 63.0 Å². The maximum Gasteiger partial charge on any atom is 0.342 e. The van der Waals surface area contributed by atoms with Crippen molar-refractivity contribution >= 4 is 23.8 Å². The van der Waals surface area contributed by atoms with Crippen molar-refractivity contribution in [1.82, 2.24) is 20.2 Å². The zero-order valence-electron chi connectivity index (χ0n) is 14.5. The van der Waals surface area contributed by atoms with Crippen LogP contribution < -0.4 is 9.47 Å². The predicted molar refractivity (Wildman–Crippen MR) is 101 cm³/mol. The number of aromatic nitrogens is 4. The topological polar surface area (TPSA) is 110 Å². The number of carboxylic acids is 1. The summed E-state index contributed by atoms with van der Waals surface area (Å²) in [6.07, 6.45) is 4.73. The second-order valence-electron chi connectivity index (χ2n) is 5.26. The van der Waals surface area contributed by atoms with Crippen LogP contribution >= 0.6 is 11.8 Å². The average Bonchev–Trinajstić information content (AvgIpc) is 3.16. The van der Waals surface area contributed by atoms with Crippen molar-refractivity contribution in [3.8, 4) is 22.9 Å². The molecule has 3 aromatic rings. The Hall–Kier alpha value is -3.33. The Bertz CT molecular complexity index is 950. The van der Waals surface area contributed by atoms with Gasteiger partial charge in [-0.25, -0.2) is 9.78 Å². The standard InChI is InChI=1S/C18H16N4O4S/c1-25-13-8-12(9-14(10-13)26-2)16-20-18(22-21-16)27-15(17(23)24)7-11-3-5-19-6-4-11/h3-10H,1-2H3,(H,23,24)(H,20,21,22)/b15-7+. The number of thioether (sulfide) groups is 1. The van der Waals surface area contributed by atoms with E-state index in [1.807, 2.05) is 0 Å². The lowest BCUT2D eigenvalue weighted by Gasteiger charge is -2.06. The quantitative estimate of drug-likeness (QED) is 0.472. The van der Waals surface area contributed by atoms with E-state index in [9.17, 15) is 9.90 Å². The fraction of sp³-hybridized carbons (Fsp3) is 0.111. The summed E-state index contributed by atoms with van der Waals surface area (Å²) in [4.78, 5) is 19.9. The molecule has 8 nitrogen and oxygen atoms in total. The van der Waals surface area contributed by atoms with Gasteiger partial charge in [0.2, 0.25) is 5.16 Å². The van der Waals surface area contributed by atoms with E-state index in [4.69, 9.17) is 9.47 Å². The van der Waals surface area contributed by atoms with Gasteiger partial charge >= 0.3 is 5.97 Å². The van der Waals surface area contributed by atoms with Gasteiger partial charge in [0.25, 0.3) is 0 Å². The average molecular weight is 384 g/mol. The molecule has 3 rings (SSSR count). The molecule has 0 amide bonds. The number of benzene rings is 1. The molecule has 2 N–H and O–H groups in total. The molecule has 0 aliphatic heterocycles. The van der Waals surface area contributed by atoms with E-state index in [2.05, 4.69) is 20.2 Å². The summed E-state index contributed by atoms with van der Waals surface area (Å²) in [7, 11) is 3.12. The third kappa shape index (κ3) is 4.64. The zero-order chi connectivity index (χ0) is 19.2. The van der Waals surface area contributed by atoms with Gasteiger partial charge in [-0.05, 0) is 47.7 Å². The molecule has 0 unspecified atom stereocenters. The van der Waals surface area contributed by atoms with Crippen LogP contribution in [-0.4, -0.2) is 45.5 Å². The van der Waals surface area contributed by atoms with Crippen molar-refractivity contribution in [2.24, 2.45) is 0 Å². The maximum absolute atomic E-state index is 11.5. The summed E-state index contributed by atoms with van der Waals surface area (Å²) in [5.41, 5.74) is 1.43. The number of aromatic amines is 1. The van der Waals surface area contributed by atoms with Crippen molar-refractivity contribution in [1.29, 1.82) is 0 Å². The summed E-state index contributed by atoms with van der Waals surface area (Å²) >= 11 is 0.952. The molecule has 2 heterocycles. The molecule has 138 valence electrons. The molecule has 0 saturated heterocycles. The molecule has 9 heteroatoms. The first-order valence-electron chi connectivity index (χ1n) is 7.77. The second-order valence-corrected chi connectivity index (χ2v) is 6.27. The van der Waals surface area contributed by atoms with Gasteiger partial charge in [-0.15, -0.1) is 5.10 Å². The lowest BCUT2D eigenvalue weighted by atomic mass is 10.2. The summed E-state index contributed by atoms with van der Waals surface area (Å²) in [5.74, 6) is 0.632. The Labute approximate surface area is 159 Å². The highest BCUT2D eigenvalue weighted by atomic mass is 32.2. The summed E-state index contributed by atoms with van der Waals surface area (Å²) in [6, 6.07) is 8.74. The molecule has 0 saturated carbocycles. The van der Waals surface area contributed by atoms with Crippen LogP contribution in [0, 0.1) is 0 Å². The summed E-state index contributed by atoms with van der Waals surface area (Å²) in [6.45, 7) is 0. The van der Waals surface area contributed by atoms with Crippen molar-refractivity contribution < 1.29 is 19.4 Å². The number of methoxy groups -OCH3 is 2. The number of H-pyrrole nitrogens is 1. The van der Waals surface area contributed by atoms with Crippen molar-refractivity contribution in [2.75, 3.05) is 14.2 Å². The first kappa shape index (κ1) is 18.5. The highest BCUT2D eigenvalue weighted by Gasteiger charge is 2.15. The first-order valence-corrected chi connectivity index (χ1v) is 8.59. The summed E-state index contributed by atoms with van der Waals surface area (Å²) in [5, 5.41) is 16.6. The number of aliphatic carboxylic acids is 1. The molecule has 0 bridgehead atoms. The van der Waals surface area contributed by atoms with Gasteiger partial charge < -0.3 is 14.6 Å². The maximum atomic E-state index is 11.5. The largest absolute Gasteiger partial charge is 0.497 e. The molecule has 0 fully saturated rings. The molecular weight excluding hydrogens is 368 g/mol. The fourth-order valence-corrected chi connectivity index (χ4v) is 2.92. The van der Waals surface area contributed by atoms with Crippen molar-refractivity contribution in [3.05, 3.63) is 53.2 Å². The highest BCUT2D eigenvalue weighted by molar-refractivity contribution is 8.04. The number of pyridine rings is 1. The second kappa shape index (κ2) is 8.37.